The minimum Gasteiger partial charge on any atom is -0.481 e. The number of piperidine rings is 1. The van der Waals surface area contributed by atoms with Crippen molar-refractivity contribution in [1.82, 2.24) is 9.03 Å². The molecule has 1 aliphatic heterocycles. The lowest BCUT2D eigenvalue weighted by Gasteiger charge is -2.43. The van der Waals surface area contributed by atoms with Crippen molar-refractivity contribution in [3.05, 3.63) is 0 Å². The number of amides is 1. The SMILES string of the molecule is CC(C)(C)OC(=O)NS(=O)(=O)N1CCC(C(=O)O)CC1C(C)(C)C. The van der Waals surface area contributed by atoms with Crippen LogP contribution < -0.4 is 4.72 Å². The van der Waals surface area contributed by atoms with Gasteiger partial charge in [0.2, 0.25) is 0 Å². The molecule has 0 aromatic rings. The number of rotatable bonds is 3. The van der Waals surface area contributed by atoms with E-state index < -0.39 is 45.2 Å². The molecule has 9 heteroatoms. The van der Waals surface area contributed by atoms with Crippen molar-refractivity contribution in [3.63, 3.8) is 0 Å². The van der Waals surface area contributed by atoms with Gasteiger partial charge in [-0.3, -0.25) is 4.79 Å². The predicted octanol–water partition coefficient (Wildman–Crippen LogP) is 1.97. The highest BCUT2D eigenvalue weighted by atomic mass is 32.2. The van der Waals surface area contributed by atoms with Crippen LogP contribution in [0.2, 0.25) is 0 Å². The van der Waals surface area contributed by atoms with E-state index in [2.05, 4.69) is 0 Å². The van der Waals surface area contributed by atoms with Gasteiger partial charge in [0.25, 0.3) is 0 Å². The summed E-state index contributed by atoms with van der Waals surface area (Å²) in [5, 5.41) is 9.23. The number of nitrogens with zero attached hydrogens (tertiary/aromatic N) is 1. The second-order valence-electron chi connectivity index (χ2n) is 8.16. The molecule has 1 saturated heterocycles. The van der Waals surface area contributed by atoms with Crippen LogP contribution in [0.15, 0.2) is 0 Å². The maximum absolute atomic E-state index is 12.6. The third kappa shape index (κ3) is 5.62. The number of aliphatic carboxylic acids is 1. The molecule has 1 fully saturated rings. The monoisotopic (exact) mass is 364 g/mol. The van der Waals surface area contributed by atoms with Crippen molar-refractivity contribution in [2.45, 2.75) is 66.0 Å². The van der Waals surface area contributed by atoms with E-state index in [0.29, 0.717) is 0 Å². The Kier molecular flexibility index (Phi) is 5.93. The van der Waals surface area contributed by atoms with Crippen LogP contribution in [0.5, 0.6) is 0 Å². The number of carbonyl (C=O) groups excluding carboxylic acids is 1. The van der Waals surface area contributed by atoms with Crippen molar-refractivity contribution in [2.75, 3.05) is 6.54 Å². The molecule has 8 nitrogen and oxygen atoms in total. The molecule has 0 radical (unpaired) electrons. The molecule has 1 rings (SSSR count). The van der Waals surface area contributed by atoms with Gasteiger partial charge in [-0.2, -0.15) is 12.7 Å². The van der Waals surface area contributed by atoms with Gasteiger partial charge in [0, 0.05) is 12.6 Å². The molecule has 2 N–H and O–H groups in total. The summed E-state index contributed by atoms with van der Waals surface area (Å²) >= 11 is 0. The summed E-state index contributed by atoms with van der Waals surface area (Å²) < 4.78 is 33.3. The molecule has 0 aromatic carbocycles. The van der Waals surface area contributed by atoms with Gasteiger partial charge in [-0.05, 0) is 39.0 Å². The van der Waals surface area contributed by atoms with E-state index in [9.17, 15) is 23.1 Å². The predicted molar refractivity (Wildman–Crippen MR) is 88.6 cm³/mol. The first kappa shape index (κ1) is 20.7. The summed E-state index contributed by atoms with van der Waals surface area (Å²) in [4.78, 5) is 23.1. The zero-order valence-corrected chi connectivity index (χ0v) is 15.9. The average Bonchev–Trinajstić information content (AvgIpc) is 2.33. The highest BCUT2D eigenvalue weighted by Gasteiger charge is 2.44. The Hall–Kier alpha value is -1.35. The molecule has 1 amide bonds. The van der Waals surface area contributed by atoms with Crippen LogP contribution in [0.1, 0.15) is 54.4 Å². The van der Waals surface area contributed by atoms with Crippen LogP contribution >= 0.6 is 0 Å². The number of carboxylic acid groups (broad SMARTS) is 1. The zero-order valence-electron chi connectivity index (χ0n) is 15.1. The molecular formula is C15H28N2O6S. The van der Waals surface area contributed by atoms with Crippen LogP contribution in [0.25, 0.3) is 0 Å². The molecule has 2 unspecified atom stereocenters. The van der Waals surface area contributed by atoms with Crippen molar-refractivity contribution in [1.29, 1.82) is 0 Å². The maximum Gasteiger partial charge on any atom is 0.422 e. The van der Waals surface area contributed by atoms with Crippen LogP contribution in [-0.2, 0) is 19.7 Å². The molecular weight excluding hydrogens is 336 g/mol. The first-order valence-electron chi connectivity index (χ1n) is 7.89. The van der Waals surface area contributed by atoms with E-state index in [4.69, 9.17) is 4.74 Å². The smallest absolute Gasteiger partial charge is 0.422 e. The Morgan fingerprint density at radius 2 is 1.71 bits per heavy atom. The normalized spacial score (nSPS) is 23.6. The molecule has 2 atom stereocenters. The molecule has 0 saturated carbocycles. The van der Waals surface area contributed by atoms with E-state index in [1.165, 1.54) is 4.31 Å². The lowest BCUT2D eigenvalue weighted by Crippen LogP contribution is -2.57. The summed E-state index contributed by atoms with van der Waals surface area (Å²) in [7, 11) is -4.12. The lowest BCUT2D eigenvalue weighted by atomic mass is 9.78. The Balaban J connectivity index is 2.99. The van der Waals surface area contributed by atoms with Gasteiger partial charge < -0.3 is 9.84 Å². The van der Waals surface area contributed by atoms with Crippen LogP contribution in [-0.4, -0.2) is 48.1 Å². The first-order valence-corrected chi connectivity index (χ1v) is 9.33. The summed E-state index contributed by atoms with van der Waals surface area (Å²) in [5.74, 6) is -1.52. The van der Waals surface area contributed by atoms with Crippen LogP contribution in [0.3, 0.4) is 0 Å². The second-order valence-corrected chi connectivity index (χ2v) is 9.78. The summed E-state index contributed by atoms with van der Waals surface area (Å²) in [6.07, 6.45) is -0.638. The average molecular weight is 364 g/mol. The Morgan fingerprint density at radius 1 is 1.17 bits per heavy atom. The van der Waals surface area contributed by atoms with Crippen LogP contribution in [0.4, 0.5) is 4.79 Å². The van der Waals surface area contributed by atoms with Crippen molar-refractivity contribution in [3.8, 4) is 0 Å². The van der Waals surface area contributed by atoms with Crippen molar-refractivity contribution in [2.24, 2.45) is 11.3 Å². The Morgan fingerprint density at radius 3 is 2.12 bits per heavy atom. The Bertz CT molecular complexity index is 588. The molecule has 140 valence electrons. The standard InChI is InChI=1S/C15H28N2O6S/c1-14(2,3)11-9-10(12(18)19)7-8-17(11)24(21,22)16-13(20)23-15(4,5)6/h10-11H,7-9H2,1-6H3,(H,16,20)(H,18,19). The fraction of sp³-hybridized carbons (Fsp3) is 0.867. The van der Waals surface area contributed by atoms with Gasteiger partial charge in [-0.15, -0.1) is 0 Å². The number of ether oxygens (including phenoxy) is 1. The minimum absolute atomic E-state index is 0.0387. The number of hydrogen-bond donors (Lipinski definition) is 2. The number of hydrogen-bond acceptors (Lipinski definition) is 5. The van der Waals surface area contributed by atoms with Gasteiger partial charge in [-0.1, -0.05) is 20.8 Å². The molecule has 24 heavy (non-hydrogen) atoms. The van der Waals surface area contributed by atoms with E-state index in [0.717, 1.165) is 0 Å². The first-order chi connectivity index (χ1) is 10.6. The quantitative estimate of drug-likeness (QED) is 0.791. The van der Waals surface area contributed by atoms with E-state index in [1.807, 2.05) is 25.5 Å². The largest absolute Gasteiger partial charge is 0.481 e. The third-order valence-corrected chi connectivity index (χ3v) is 5.30. The molecule has 0 aromatic heterocycles. The topological polar surface area (TPSA) is 113 Å². The summed E-state index contributed by atoms with van der Waals surface area (Å²) in [5.41, 5.74) is -1.30. The lowest BCUT2D eigenvalue weighted by molar-refractivity contribution is -0.144. The van der Waals surface area contributed by atoms with Gasteiger partial charge in [0.05, 0.1) is 5.92 Å². The van der Waals surface area contributed by atoms with Gasteiger partial charge >= 0.3 is 22.3 Å². The van der Waals surface area contributed by atoms with E-state index >= 15 is 0 Å². The zero-order chi connectivity index (χ0) is 18.9. The molecule has 0 spiro atoms. The van der Waals surface area contributed by atoms with Gasteiger partial charge in [0.15, 0.2) is 0 Å². The molecule has 1 aliphatic rings. The van der Waals surface area contributed by atoms with E-state index in [-0.39, 0.29) is 19.4 Å². The number of carboxylic acids is 1. The van der Waals surface area contributed by atoms with E-state index in [1.54, 1.807) is 20.8 Å². The highest BCUT2D eigenvalue weighted by Crippen LogP contribution is 2.36. The minimum atomic E-state index is -4.12. The molecule has 1 heterocycles. The van der Waals surface area contributed by atoms with Gasteiger partial charge in [-0.25, -0.2) is 9.52 Å². The van der Waals surface area contributed by atoms with Crippen LogP contribution in [0, 0.1) is 11.3 Å². The highest BCUT2D eigenvalue weighted by molar-refractivity contribution is 7.87. The second kappa shape index (κ2) is 6.87. The number of carbonyl (C=O) groups is 2. The molecule has 0 aliphatic carbocycles. The maximum atomic E-state index is 12.6. The molecule has 0 bridgehead atoms. The summed E-state index contributed by atoms with van der Waals surface area (Å²) in [6.45, 7) is 10.5. The van der Waals surface area contributed by atoms with Crippen molar-refractivity contribution < 1.29 is 27.9 Å². The van der Waals surface area contributed by atoms with Crippen molar-refractivity contribution >= 4 is 22.3 Å². The fourth-order valence-electron chi connectivity index (χ4n) is 2.70. The fourth-order valence-corrected chi connectivity index (χ4v) is 4.16. The summed E-state index contributed by atoms with van der Waals surface area (Å²) in [6, 6.07) is -0.535. The van der Waals surface area contributed by atoms with Gasteiger partial charge in [0.1, 0.15) is 5.60 Å². The Labute approximate surface area is 143 Å². The third-order valence-electron chi connectivity index (χ3n) is 3.82. The number of nitrogens with one attached hydrogen (secondary N) is 1.